The summed E-state index contributed by atoms with van der Waals surface area (Å²) in [5.41, 5.74) is 6.77. The lowest BCUT2D eigenvalue weighted by Crippen LogP contribution is -2.33. The Labute approximate surface area is 239 Å². The topological polar surface area (TPSA) is 117 Å². The number of nitrogen functional groups attached to an aromatic ring is 1. The third kappa shape index (κ3) is 14.9. The Bertz CT molecular complexity index is 885. The van der Waals surface area contributed by atoms with E-state index < -0.39 is 0 Å². The Hall–Kier alpha value is -1.41. The minimum Gasteiger partial charge on any atom is -0.404 e. The van der Waals surface area contributed by atoms with Gasteiger partial charge in [-0.1, -0.05) is 45.9 Å². The number of anilines is 1. The minimum atomic E-state index is -0.257. The molecular formula is C24H47BN6O3S3. The van der Waals surface area contributed by atoms with Gasteiger partial charge in [0.25, 0.3) is 5.91 Å². The number of rotatable bonds is 5. The van der Waals surface area contributed by atoms with Crippen LogP contribution in [0.3, 0.4) is 0 Å². The molecule has 2 aromatic heterocycles. The van der Waals surface area contributed by atoms with Crippen molar-refractivity contribution in [3.8, 4) is 0 Å². The highest BCUT2D eigenvalue weighted by molar-refractivity contribution is 8.59. The van der Waals surface area contributed by atoms with E-state index in [0.29, 0.717) is 23.4 Å². The molecule has 212 valence electrons. The molecule has 0 bridgehead atoms. The van der Waals surface area contributed by atoms with Crippen LogP contribution in [0, 0.1) is 0 Å². The first-order chi connectivity index (χ1) is 17.4. The van der Waals surface area contributed by atoms with E-state index in [4.69, 9.17) is 15.0 Å². The highest BCUT2D eigenvalue weighted by atomic mass is 33.1. The largest absolute Gasteiger partial charge is 0.497 e. The van der Waals surface area contributed by atoms with Crippen molar-refractivity contribution in [2.24, 2.45) is 0 Å². The Morgan fingerprint density at radius 1 is 1.24 bits per heavy atom. The van der Waals surface area contributed by atoms with E-state index in [2.05, 4.69) is 71.4 Å². The highest BCUT2D eigenvalue weighted by Gasteiger charge is 2.38. The zero-order valence-corrected chi connectivity index (χ0v) is 26.9. The average Bonchev–Trinajstić information content (AvgIpc) is 3.49. The number of nitrogens with one attached hydrogen (secondary N) is 1. The monoisotopic (exact) mass is 574 g/mol. The number of hydrogen-bond donors (Lipinski definition) is 4. The number of hydrogen-bond acceptors (Lipinski definition) is 10. The normalized spacial score (nSPS) is 13.2. The van der Waals surface area contributed by atoms with Crippen molar-refractivity contribution in [1.82, 2.24) is 25.1 Å². The van der Waals surface area contributed by atoms with Gasteiger partial charge in [-0.3, -0.25) is 9.48 Å². The van der Waals surface area contributed by atoms with E-state index >= 15 is 0 Å². The van der Waals surface area contributed by atoms with Gasteiger partial charge in [0.05, 0.1) is 17.8 Å². The molecule has 0 radical (unpaired) electrons. The Morgan fingerprint density at radius 2 is 1.81 bits per heavy atom. The summed E-state index contributed by atoms with van der Waals surface area (Å²) >= 11 is 7.83. The second-order valence-electron chi connectivity index (χ2n) is 8.86. The van der Waals surface area contributed by atoms with Gasteiger partial charge in [0.1, 0.15) is 5.82 Å². The number of nitrogens with two attached hydrogens (primary N) is 1. The lowest BCUT2D eigenvalue weighted by Gasteiger charge is -2.14. The molecule has 37 heavy (non-hydrogen) atoms. The van der Waals surface area contributed by atoms with E-state index in [-0.39, 0.29) is 30.5 Å². The zero-order valence-electron chi connectivity index (χ0n) is 24.3. The molecule has 3 N–H and O–H groups in total. The van der Waals surface area contributed by atoms with E-state index in [9.17, 15) is 4.79 Å². The molecule has 1 aliphatic heterocycles. The molecule has 0 unspecified atom stereocenters. The number of nitrogens with zero attached hydrogens (tertiary/aromatic N) is 4. The number of carbonyl (C=O) groups is 1. The van der Waals surface area contributed by atoms with Crippen LogP contribution in [0.4, 0.5) is 5.82 Å². The van der Waals surface area contributed by atoms with Gasteiger partial charge >= 0.3 is 7.12 Å². The maximum Gasteiger partial charge on any atom is 0.497 e. The molecule has 1 amide bonds. The summed E-state index contributed by atoms with van der Waals surface area (Å²) in [6.07, 6.45) is 8.34. The van der Waals surface area contributed by atoms with Crippen LogP contribution in [0.15, 0.2) is 23.7 Å². The third-order valence-electron chi connectivity index (χ3n) is 4.07. The highest BCUT2D eigenvalue weighted by Crippen LogP contribution is 2.19. The van der Waals surface area contributed by atoms with Crippen molar-refractivity contribution in [2.45, 2.75) is 98.5 Å². The Kier molecular flexibility index (Phi) is 21.0. The van der Waals surface area contributed by atoms with Crippen molar-refractivity contribution in [2.75, 3.05) is 18.6 Å². The smallest absolute Gasteiger partial charge is 0.404 e. The SMILES string of the molecule is CC.CC(C)n1cc(B2OCC(C)(C)O2)cn1.CCC.CSc1ncc(C(=O)NC(C)C)c(N)n1.SS. The van der Waals surface area contributed by atoms with Crippen molar-refractivity contribution in [1.29, 1.82) is 0 Å². The fourth-order valence-electron chi connectivity index (χ4n) is 2.55. The van der Waals surface area contributed by atoms with Crippen LogP contribution in [-0.4, -0.2) is 57.3 Å². The second-order valence-corrected chi connectivity index (χ2v) is 9.63. The van der Waals surface area contributed by atoms with Gasteiger partial charge in [-0.05, 0) is 47.8 Å². The molecular weight excluding hydrogens is 527 g/mol. The summed E-state index contributed by atoms with van der Waals surface area (Å²) in [4.78, 5) is 19.6. The molecule has 3 heterocycles. The first-order valence-electron chi connectivity index (χ1n) is 12.4. The van der Waals surface area contributed by atoms with Crippen LogP contribution in [0.1, 0.15) is 92.1 Å². The molecule has 9 nitrogen and oxygen atoms in total. The lowest BCUT2D eigenvalue weighted by atomic mass is 9.82. The van der Waals surface area contributed by atoms with Crippen molar-refractivity contribution < 1.29 is 14.1 Å². The average molecular weight is 575 g/mol. The molecule has 0 saturated carbocycles. The number of aromatic nitrogens is 4. The van der Waals surface area contributed by atoms with Crippen molar-refractivity contribution in [3.05, 3.63) is 24.2 Å². The van der Waals surface area contributed by atoms with Crippen LogP contribution in [0.5, 0.6) is 0 Å². The van der Waals surface area contributed by atoms with Crippen molar-refractivity contribution in [3.63, 3.8) is 0 Å². The molecule has 0 spiro atoms. The standard InChI is InChI=1S/C10H17BN2O2.C9H14N4OS.C3H8.C2H6.H2S2/c1-8(2)13-6-9(5-12-13)11-14-7-10(3,4)15-11;1-5(2)12-8(14)6-4-11-9(15-3)13-7(6)10;1-3-2;2*1-2/h5-6,8H,7H2,1-4H3;4-5H,1-3H3,(H,12,14)(H2,10,11,13);3H2,1-2H3;1-2H3;1-2H. The summed E-state index contributed by atoms with van der Waals surface area (Å²) in [6, 6.07) is 0.435. The van der Waals surface area contributed by atoms with Gasteiger partial charge in [-0.2, -0.15) is 5.10 Å². The van der Waals surface area contributed by atoms with Crippen molar-refractivity contribution >= 4 is 59.4 Å². The molecule has 13 heteroatoms. The summed E-state index contributed by atoms with van der Waals surface area (Å²) in [6.45, 7) is 20.9. The molecule has 2 aromatic rings. The summed E-state index contributed by atoms with van der Waals surface area (Å²) in [5.74, 6) is -0.0253. The summed E-state index contributed by atoms with van der Waals surface area (Å²) in [7, 11) is -0.257. The molecule has 0 atom stereocenters. The van der Waals surface area contributed by atoms with E-state index in [1.54, 1.807) is 0 Å². The molecule has 1 saturated heterocycles. The first-order valence-corrected chi connectivity index (χ1v) is 15.3. The van der Waals surface area contributed by atoms with Crippen LogP contribution in [0.25, 0.3) is 0 Å². The quantitative estimate of drug-likeness (QED) is 0.128. The van der Waals surface area contributed by atoms with Gasteiger partial charge in [0.2, 0.25) is 0 Å². The minimum absolute atomic E-state index is 0.0668. The summed E-state index contributed by atoms with van der Waals surface area (Å²) < 4.78 is 13.2. The third-order valence-corrected chi connectivity index (χ3v) is 4.64. The number of thioether (sulfide) groups is 1. The maximum atomic E-state index is 11.6. The number of thiol groups is 2. The predicted octanol–water partition coefficient (Wildman–Crippen LogP) is 5.11. The van der Waals surface area contributed by atoms with Gasteiger partial charge in [-0.15, -0.1) is 23.3 Å². The molecule has 1 fully saturated rings. The Morgan fingerprint density at radius 3 is 2.19 bits per heavy atom. The molecule has 3 rings (SSSR count). The Balaban J connectivity index is 0. The van der Waals surface area contributed by atoms with Crippen LogP contribution < -0.4 is 16.5 Å². The molecule has 0 aliphatic carbocycles. The van der Waals surface area contributed by atoms with Gasteiger partial charge in [0.15, 0.2) is 5.16 Å². The van der Waals surface area contributed by atoms with E-state index in [1.165, 1.54) is 24.4 Å². The van der Waals surface area contributed by atoms with Crippen LogP contribution >= 0.6 is 35.1 Å². The molecule has 1 aliphatic rings. The number of amides is 1. The van der Waals surface area contributed by atoms with E-state index in [1.807, 2.05) is 64.9 Å². The number of carbonyl (C=O) groups excluding carboxylic acids is 1. The lowest BCUT2D eigenvalue weighted by molar-refractivity contribution is 0.0943. The van der Waals surface area contributed by atoms with E-state index in [0.717, 1.165) is 5.46 Å². The zero-order chi connectivity index (χ0) is 29.2. The van der Waals surface area contributed by atoms with Crippen LogP contribution in [0.2, 0.25) is 0 Å². The fourth-order valence-corrected chi connectivity index (χ4v) is 2.89. The summed E-state index contributed by atoms with van der Waals surface area (Å²) in [5, 5.41) is 7.56. The first kappa shape index (κ1) is 37.7. The fraction of sp³-hybridized carbons (Fsp3) is 0.667. The predicted molar refractivity (Wildman–Crippen MR) is 165 cm³/mol. The van der Waals surface area contributed by atoms with Crippen LogP contribution in [-0.2, 0) is 9.31 Å². The van der Waals surface area contributed by atoms with Gasteiger partial charge in [-0.25, -0.2) is 9.97 Å². The van der Waals surface area contributed by atoms with Gasteiger partial charge < -0.3 is 20.4 Å². The molecule has 0 aromatic carbocycles. The second kappa shape index (κ2) is 20.5. The maximum absolute atomic E-state index is 11.6. The van der Waals surface area contributed by atoms with Gasteiger partial charge in [0, 0.05) is 36.1 Å².